The average molecular weight is 667 g/mol. The minimum atomic E-state index is -3.30. The highest BCUT2D eigenvalue weighted by molar-refractivity contribution is 6.90. The Morgan fingerprint density at radius 1 is 0.571 bits per heavy atom. The minimum Gasteiger partial charge on any atom is -0.469 e. The number of carbonyl (C=O) groups excluding carboxylic acids is 3. The van der Waals surface area contributed by atoms with Gasteiger partial charge in [-0.1, -0.05) is 12.2 Å². The maximum atomic E-state index is 11.8. The molecule has 0 saturated heterocycles. The molecule has 0 amide bonds. The SMILES string of the molecule is C=C(C)COCCC[Si](O[Si](C)(C)CCCC(=O)OC)(O[Si](C)(C)CCCC(=O)OC)O[Si](C)(C)CCCC(=O)OC. The fourth-order valence-electron chi connectivity index (χ4n) is 4.55. The molecule has 246 valence electrons. The van der Waals surface area contributed by atoms with Crippen molar-refractivity contribution in [3.63, 3.8) is 0 Å². The summed E-state index contributed by atoms with van der Waals surface area (Å²) in [5.74, 6) is -0.698. The van der Waals surface area contributed by atoms with Gasteiger partial charge in [-0.05, 0) is 90.0 Å². The Morgan fingerprint density at radius 2 is 0.905 bits per heavy atom. The standard InChI is InChI=1S/C28H58O10Si4/c1-25(2)24-35-19-15-23-42(36-39(6,7)20-12-16-26(29)32-3,37-40(8,9)21-13-17-27(30)33-4)38-41(10,11)22-14-18-28(31)34-5/h1,12-24H2,2-11H3. The van der Waals surface area contributed by atoms with Crippen molar-refractivity contribution < 1.29 is 45.7 Å². The van der Waals surface area contributed by atoms with Crippen LogP contribution in [0.1, 0.15) is 51.9 Å². The third-order valence-corrected chi connectivity index (χ3v) is 22.6. The molecule has 14 heteroatoms. The van der Waals surface area contributed by atoms with Gasteiger partial charge in [-0.15, -0.1) is 0 Å². The van der Waals surface area contributed by atoms with E-state index in [1.807, 2.05) is 6.92 Å². The first-order valence-electron chi connectivity index (χ1n) is 14.9. The lowest BCUT2D eigenvalue weighted by Crippen LogP contribution is -2.62. The summed E-state index contributed by atoms with van der Waals surface area (Å²) in [7, 11) is -6.21. The molecule has 0 aliphatic rings. The summed E-state index contributed by atoms with van der Waals surface area (Å²) in [4.78, 5) is 35.4. The number of esters is 3. The maximum Gasteiger partial charge on any atom is 0.469 e. The Bertz CT molecular complexity index is 760. The lowest BCUT2D eigenvalue weighted by atomic mass is 10.3. The fraction of sp³-hybridized carbons (Fsp3) is 0.821. The number of carbonyl (C=O) groups is 3. The van der Waals surface area contributed by atoms with Crippen molar-refractivity contribution in [3.05, 3.63) is 12.2 Å². The summed E-state index contributed by atoms with van der Waals surface area (Å²) in [5, 5.41) is 0. The molecular formula is C28H58O10Si4. The van der Waals surface area contributed by atoms with Gasteiger partial charge in [0.1, 0.15) is 0 Å². The summed E-state index contributed by atoms with van der Waals surface area (Å²) in [6.07, 6.45) is 3.70. The molecule has 0 aromatic heterocycles. The number of hydrogen-bond donors (Lipinski definition) is 0. The van der Waals surface area contributed by atoms with Crippen LogP contribution in [-0.4, -0.2) is 86.2 Å². The van der Waals surface area contributed by atoms with E-state index in [4.69, 9.17) is 31.3 Å². The van der Waals surface area contributed by atoms with Crippen LogP contribution in [0.25, 0.3) is 0 Å². The largest absolute Gasteiger partial charge is 0.469 e. The van der Waals surface area contributed by atoms with Gasteiger partial charge >= 0.3 is 26.7 Å². The lowest BCUT2D eigenvalue weighted by Gasteiger charge is -2.45. The Morgan fingerprint density at radius 3 is 1.19 bits per heavy atom. The van der Waals surface area contributed by atoms with Crippen LogP contribution in [0.2, 0.25) is 63.5 Å². The molecule has 0 aliphatic heterocycles. The molecule has 0 fully saturated rings. The first kappa shape index (κ1) is 40.9. The quantitative estimate of drug-likeness (QED) is 0.0375. The van der Waals surface area contributed by atoms with Gasteiger partial charge in [0.25, 0.3) is 0 Å². The molecule has 0 spiro atoms. The molecule has 0 atom stereocenters. The van der Waals surface area contributed by atoms with Gasteiger partial charge < -0.3 is 31.3 Å². The van der Waals surface area contributed by atoms with Crippen molar-refractivity contribution in [3.8, 4) is 0 Å². The number of ether oxygens (including phenoxy) is 4. The number of rotatable bonds is 24. The van der Waals surface area contributed by atoms with E-state index in [0.29, 0.717) is 64.2 Å². The van der Waals surface area contributed by atoms with E-state index < -0.39 is 33.8 Å². The summed E-state index contributed by atoms with van der Waals surface area (Å²) in [6.45, 7) is 19.7. The van der Waals surface area contributed by atoms with Crippen molar-refractivity contribution in [2.45, 2.75) is 115 Å². The van der Waals surface area contributed by atoms with Crippen LogP contribution in [0.4, 0.5) is 0 Å². The zero-order valence-corrected chi connectivity index (χ0v) is 32.0. The predicted octanol–water partition coefficient (Wildman–Crippen LogP) is 6.43. The van der Waals surface area contributed by atoms with Crippen LogP contribution in [0, 0.1) is 0 Å². The molecule has 0 aromatic carbocycles. The molecule has 0 unspecified atom stereocenters. The summed E-state index contributed by atoms with van der Waals surface area (Å²) < 4.78 is 41.7. The molecule has 0 saturated carbocycles. The Balaban J connectivity index is 6.19. The summed E-state index contributed by atoms with van der Waals surface area (Å²) in [5.41, 5.74) is 0.958. The molecule has 42 heavy (non-hydrogen) atoms. The topological polar surface area (TPSA) is 116 Å². The van der Waals surface area contributed by atoms with Gasteiger partial charge in [0, 0.05) is 31.9 Å². The summed E-state index contributed by atoms with van der Waals surface area (Å²) in [6, 6.07) is 2.86. The van der Waals surface area contributed by atoms with Crippen molar-refractivity contribution in [1.29, 1.82) is 0 Å². The zero-order valence-electron chi connectivity index (χ0n) is 28.0. The minimum absolute atomic E-state index is 0.233. The van der Waals surface area contributed by atoms with Crippen molar-refractivity contribution in [1.82, 2.24) is 0 Å². The number of hydrogen-bond acceptors (Lipinski definition) is 10. The highest BCUT2D eigenvalue weighted by Crippen LogP contribution is 2.34. The third-order valence-electron chi connectivity index (χ3n) is 6.58. The van der Waals surface area contributed by atoms with Crippen LogP contribution >= 0.6 is 0 Å². The molecule has 0 rings (SSSR count). The first-order chi connectivity index (χ1) is 19.4. The molecule has 0 N–H and O–H groups in total. The normalized spacial score (nSPS) is 12.6. The average Bonchev–Trinajstić information content (AvgIpc) is 2.86. The molecule has 0 aliphatic carbocycles. The summed E-state index contributed by atoms with van der Waals surface area (Å²) >= 11 is 0. The number of methoxy groups -OCH3 is 3. The van der Waals surface area contributed by atoms with Crippen LogP contribution in [-0.2, 0) is 45.7 Å². The maximum absolute atomic E-state index is 11.8. The second-order valence-electron chi connectivity index (χ2n) is 12.7. The van der Waals surface area contributed by atoms with Crippen LogP contribution < -0.4 is 0 Å². The fourth-order valence-corrected chi connectivity index (χ4v) is 22.4. The van der Waals surface area contributed by atoms with E-state index in [9.17, 15) is 14.4 Å². The smallest absolute Gasteiger partial charge is 0.469 e. The molecule has 10 nitrogen and oxygen atoms in total. The predicted molar refractivity (Wildman–Crippen MR) is 175 cm³/mol. The van der Waals surface area contributed by atoms with E-state index in [-0.39, 0.29) is 17.9 Å². The third kappa shape index (κ3) is 19.9. The van der Waals surface area contributed by atoms with E-state index in [1.165, 1.54) is 21.3 Å². The van der Waals surface area contributed by atoms with E-state index in [0.717, 1.165) is 23.7 Å². The van der Waals surface area contributed by atoms with Crippen molar-refractivity contribution in [2.75, 3.05) is 34.5 Å². The molecule has 0 radical (unpaired) electrons. The first-order valence-corrected chi connectivity index (χ1v) is 26.2. The van der Waals surface area contributed by atoms with Gasteiger partial charge in [0.15, 0.2) is 25.0 Å². The van der Waals surface area contributed by atoms with Crippen LogP contribution in [0.5, 0.6) is 0 Å². The van der Waals surface area contributed by atoms with Crippen LogP contribution in [0.3, 0.4) is 0 Å². The second kappa shape index (κ2) is 20.0. The molecular weight excluding hydrogens is 609 g/mol. The van der Waals surface area contributed by atoms with Gasteiger partial charge in [0.05, 0.1) is 27.9 Å². The van der Waals surface area contributed by atoms with Gasteiger partial charge in [-0.25, -0.2) is 0 Å². The van der Waals surface area contributed by atoms with Crippen LogP contribution in [0.15, 0.2) is 12.2 Å². The molecule has 0 aromatic rings. The molecule has 0 bridgehead atoms. The van der Waals surface area contributed by atoms with Crippen molar-refractivity contribution in [2.24, 2.45) is 0 Å². The highest BCUT2D eigenvalue weighted by atomic mass is 28.5. The van der Waals surface area contributed by atoms with E-state index >= 15 is 0 Å². The highest BCUT2D eigenvalue weighted by Gasteiger charge is 2.52. The van der Waals surface area contributed by atoms with E-state index in [1.54, 1.807) is 0 Å². The van der Waals surface area contributed by atoms with Gasteiger partial charge in [-0.3, -0.25) is 14.4 Å². The van der Waals surface area contributed by atoms with Gasteiger partial charge in [0.2, 0.25) is 0 Å². The monoisotopic (exact) mass is 666 g/mol. The second-order valence-corrected chi connectivity index (χ2v) is 29.0. The lowest BCUT2D eigenvalue weighted by molar-refractivity contribution is -0.141. The zero-order chi connectivity index (χ0) is 32.5. The Labute approximate surface area is 258 Å². The van der Waals surface area contributed by atoms with E-state index in [2.05, 4.69) is 45.9 Å². The van der Waals surface area contributed by atoms with Gasteiger partial charge in [-0.2, -0.15) is 0 Å². The van der Waals surface area contributed by atoms with Crippen molar-refractivity contribution >= 4 is 51.7 Å². The molecule has 0 heterocycles. The Kier molecular flexibility index (Phi) is 19.5. The Hall–Kier alpha value is -1.14.